The number of carbonyl (C=O) groups is 1. The standard InChI is InChI=1S/C17H17N5O4/c1-24-15-16(19-6-5-18-15)26-11-4-7-22(10-11)17(23)13-9-12(20-21-13)14-3-2-8-25-14/h2-3,5-6,8-9,11H,4,7,10H2,1H3,(H,20,21). The van der Waals surface area contributed by atoms with Crippen LogP contribution in [0.3, 0.4) is 0 Å². The monoisotopic (exact) mass is 355 g/mol. The van der Waals surface area contributed by atoms with Crippen molar-refractivity contribution >= 4 is 5.91 Å². The van der Waals surface area contributed by atoms with Crippen LogP contribution < -0.4 is 9.47 Å². The molecule has 3 aromatic heterocycles. The van der Waals surface area contributed by atoms with Gasteiger partial charge in [0, 0.05) is 31.4 Å². The van der Waals surface area contributed by atoms with E-state index in [1.54, 1.807) is 29.4 Å². The lowest BCUT2D eigenvalue weighted by Gasteiger charge is -2.16. The van der Waals surface area contributed by atoms with Crippen LogP contribution >= 0.6 is 0 Å². The topological polar surface area (TPSA) is 106 Å². The molecule has 0 aromatic carbocycles. The van der Waals surface area contributed by atoms with Crippen LogP contribution in [0.25, 0.3) is 11.5 Å². The number of carbonyl (C=O) groups excluding carboxylic acids is 1. The van der Waals surface area contributed by atoms with Crippen LogP contribution in [-0.2, 0) is 0 Å². The third-order valence-corrected chi connectivity index (χ3v) is 4.12. The average molecular weight is 355 g/mol. The Balaban J connectivity index is 1.41. The minimum Gasteiger partial charge on any atom is -0.477 e. The van der Waals surface area contributed by atoms with Gasteiger partial charge in [0.05, 0.1) is 19.9 Å². The summed E-state index contributed by atoms with van der Waals surface area (Å²) in [5.74, 6) is 1.13. The van der Waals surface area contributed by atoms with Gasteiger partial charge in [0.2, 0.25) is 0 Å². The largest absolute Gasteiger partial charge is 0.477 e. The molecule has 1 N–H and O–H groups in total. The van der Waals surface area contributed by atoms with E-state index in [4.69, 9.17) is 13.9 Å². The minimum absolute atomic E-state index is 0.156. The molecule has 1 atom stereocenters. The van der Waals surface area contributed by atoms with Gasteiger partial charge >= 0.3 is 0 Å². The predicted molar refractivity (Wildman–Crippen MR) is 89.8 cm³/mol. The lowest BCUT2D eigenvalue weighted by atomic mass is 10.3. The summed E-state index contributed by atoms with van der Waals surface area (Å²) in [7, 11) is 1.51. The molecule has 0 bridgehead atoms. The molecule has 0 aliphatic carbocycles. The molecule has 4 heterocycles. The Hall–Kier alpha value is -3.36. The maximum atomic E-state index is 12.7. The van der Waals surface area contributed by atoms with E-state index in [0.29, 0.717) is 48.4 Å². The van der Waals surface area contributed by atoms with Gasteiger partial charge < -0.3 is 18.8 Å². The van der Waals surface area contributed by atoms with E-state index < -0.39 is 0 Å². The highest BCUT2D eigenvalue weighted by Crippen LogP contribution is 2.25. The lowest BCUT2D eigenvalue weighted by Crippen LogP contribution is -2.31. The maximum absolute atomic E-state index is 12.7. The number of methoxy groups -OCH3 is 1. The summed E-state index contributed by atoms with van der Waals surface area (Å²) < 4.78 is 16.3. The molecule has 0 spiro atoms. The molecule has 0 radical (unpaired) electrons. The van der Waals surface area contributed by atoms with Gasteiger partial charge in [0.25, 0.3) is 17.7 Å². The molecule has 1 amide bonds. The number of ether oxygens (including phenoxy) is 2. The van der Waals surface area contributed by atoms with Gasteiger partial charge in [0.15, 0.2) is 11.5 Å². The molecule has 26 heavy (non-hydrogen) atoms. The molecule has 0 saturated carbocycles. The first kappa shape index (κ1) is 16.1. The van der Waals surface area contributed by atoms with E-state index in [1.165, 1.54) is 19.5 Å². The van der Waals surface area contributed by atoms with E-state index in [9.17, 15) is 4.79 Å². The Morgan fingerprint density at radius 1 is 1.35 bits per heavy atom. The first-order chi connectivity index (χ1) is 12.7. The van der Waals surface area contributed by atoms with E-state index in [2.05, 4.69) is 20.2 Å². The highest BCUT2D eigenvalue weighted by molar-refractivity contribution is 5.93. The van der Waals surface area contributed by atoms with Crippen molar-refractivity contribution in [1.82, 2.24) is 25.1 Å². The molecule has 1 fully saturated rings. The number of rotatable bonds is 5. The fourth-order valence-corrected chi connectivity index (χ4v) is 2.85. The molecule has 1 saturated heterocycles. The highest BCUT2D eigenvalue weighted by atomic mass is 16.5. The Kier molecular flexibility index (Phi) is 4.26. The Morgan fingerprint density at radius 2 is 2.19 bits per heavy atom. The summed E-state index contributed by atoms with van der Waals surface area (Å²) in [6.45, 7) is 1.02. The molecular weight excluding hydrogens is 338 g/mol. The average Bonchev–Trinajstić information content (AvgIpc) is 3.42. The lowest BCUT2D eigenvalue weighted by molar-refractivity contribution is 0.0764. The molecule has 3 aromatic rings. The van der Waals surface area contributed by atoms with E-state index in [-0.39, 0.29) is 12.0 Å². The van der Waals surface area contributed by atoms with Gasteiger partial charge in [-0.1, -0.05) is 0 Å². The van der Waals surface area contributed by atoms with Crippen molar-refractivity contribution in [3.05, 3.63) is 42.5 Å². The highest BCUT2D eigenvalue weighted by Gasteiger charge is 2.30. The van der Waals surface area contributed by atoms with Crippen molar-refractivity contribution in [2.45, 2.75) is 12.5 Å². The van der Waals surface area contributed by atoms with Crippen molar-refractivity contribution in [2.75, 3.05) is 20.2 Å². The SMILES string of the molecule is COc1nccnc1OC1CCN(C(=O)c2cc(-c3ccco3)[nH]n2)C1. The maximum Gasteiger partial charge on any atom is 0.278 e. The first-order valence-corrected chi connectivity index (χ1v) is 8.15. The zero-order valence-electron chi connectivity index (χ0n) is 14.1. The van der Waals surface area contributed by atoms with Crippen molar-refractivity contribution in [3.63, 3.8) is 0 Å². The number of furan rings is 1. The Labute approximate surface area is 149 Å². The fourth-order valence-electron chi connectivity index (χ4n) is 2.85. The predicted octanol–water partition coefficient (Wildman–Crippen LogP) is 1.76. The van der Waals surface area contributed by atoms with Gasteiger partial charge in [-0.05, 0) is 12.1 Å². The van der Waals surface area contributed by atoms with Crippen LogP contribution in [0.4, 0.5) is 0 Å². The number of aromatic amines is 1. The molecule has 1 unspecified atom stereocenters. The number of likely N-dealkylation sites (tertiary alicyclic amines) is 1. The van der Waals surface area contributed by atoms with E-state index >= 15 is 0 Å². The van der Waals surface area contributed by atoms with Gasteiger partial charge in [0.1, 0.15) is 11.8 Å². The molecule has 1 aliphatic heterocycles. The second kappa shape index (κ2) is 6.87. The smallest absolute Gasteiger partial charge is 0.278 e. The first-order valence-electron chi connectivity index (χ1n) is 8.15. The molecule has 1 aliphatic rings. The Morgan fingerprint density at radius 3 is 2.96 bits per heavy atom. The normalized spacial score (nSPS) is 16.7. The molecule has 134 valence electrons. The van der Waals surface area contributed by atoms with Crippen LogP contribution in [0.5, 0.6) is 11.8 Å². The second-order valence-electron chi connectivity index (χ2n) is 5.79. The summed E-state index contributed by atoms with van der Waals surface area (Å²) >= 11 is 0. The quantitative estimate of drug-likeness (QED) is 0.743. The number of hydrogen-bond donors (Lipinski definition) is 1. The summed E-state index contributed by atoms with van der Waals surface area (Å²) in [6.07, 6.45) is 5.16. The summed E-state index contributed by atoms with van der Waals surface area (Å²) in [5, 5.41) is 6.92. The minimum atomic E-state index is -0.173. The van der Waals surface area contributed by atoms with Crippen molar-refractivity contribution in [2.24, 2.45) is 0 Å². The number of nitrogens with one attached hydrogen (secondary N) is 1. The Bertz CT molecular complexity index is 892. The van der Waals surface area contributed by atoms with Crippen LogP contribution in [0.1, 0.15) is 16.9 Å². The van der Waals surface area contributed by atoms with Crippen molar-refractivity contribution < 1.29 is 18.7 Å². The number of H-pyrrole nitrogens is 1. The van der Waals surface area contributed by atoms with Gasteiger partial charge in [-0.15, -0.1) is 0 Å². The van der Waals surface area contributed by atoms with Crippen molar-refractivity contribution in [1.29, 1.82) is 0 Å². The van der Waals surface area contributed by atoms with Gasteiger partial charge in [-0.25, -0.2) is 9.97 Å². The zero-order chi connectivity index (χ0) is 17.9. The summed E-state index contributed by atoms with van der Waals surface area (Å²) in [4.78, 5) is 22.5. The van der Waals surface area contributed by atoms with Crippen LogP contribution in [-0.4, -0.2) is 57.3 Å². The number of aromatic nitrogens is 4. The number of hydrogen-bond acceptors (Lipinski definition) is 7. The van der Waals surface area contributed by atoms with Crippen LogP contribution in [0.2, 0.25) is 0 Å². The molecular formula is C17H17N5O4. The summed E-state index contributed by atoms with van der Waals surface area (Å²) in [5.41, 5.74) is 1.00. The van der Waals surface area contributed by atoms with E-state index in [1.807, 2.05) is 0 Å². The second-order valence-corrected chi connectivity index (χ2v) is 5.79. The number of nitrogens with zero attached hydrogens (tertiary/aromatic N) is 4. The van der Waals surface area contributed by atoms with Crippen molar-refractivity contribution in [3.8, 4) is 23.2 Å². The fraction of sp³-hybridized carbons (Fsp3) is 0.294. The van der Waals surface area contributed by atoms with Gasteiger partial charge in [-0.3, -0.25) is 9.89 Å². The molecule has 4 rings (SSSR count). The van der Waals surface area contributed by atoms with Crippen LogP contribution in [0.15, 0.2) is 41.3 Å². The number of amides is 1. The molecule has 9 nitrogen and oxygen atoms in total. The van der Waals surface area contributed by atoms with Crippen LogP contribution in [0, 0.1) is 0 Å². The van der Waals surface area contributed by atoms with E-state index in [0.717, 1.165) is 0 Å². The van der Waals surface area contributed by atoms with Gasteiger partial charge in [-0.2, -0.15) is 5.10 Å². The molecule has 9 heteroatoms. The zero-order valence-corrected chi connectivity index (χ0v) is 14.1. The third kappa shape index (κ3) is 3.10. The summed E-state index contributed by atoms with van der Waals surface area (Å²) in [6, 6.07) is 5.26. The third-order valence-electron chi connectivity index (χ3n) is 4.12.